The highest BCUT2D eigenvalue weighted by molar-refractivity contribution is 6.29. The van der Waals surface area contributed by atoms with E-state index in [-0.39, 0.29) is 17.1 Å². The zero-order valence-electron chi connectivity index (χ0n) is 8.25. The molecule has 0 spiro atoms. The first kappa shape index (κ1) is 10.7. The van der Waals surface area contributed by atoms with Crippen LogP contribution in [0.1, 0.15) is 10.4 Å². The molecule has 6 nitrogen and oxygen atoms in total. The van der Waals surface area contributed by atoms with Gasteiger partial charge >= 0.3 is 0 Å². The van der Waals surface area contributed by atoms with Gasteiger partial charge in [-0.05, 0) is 17.7 Å². The van der Waals surface area contributed by atoms with Gasteiger partial charge in [0.1, 0.15) is 5.15 Å². The summed E-state index contributed by atoms with van der Waals surface area (Å²) in [7, 11) is 0. The van der Waals surface area contributed by atoms with E-state index in [0.29, 0.717) is 18.7 Å². The van der Waals surface area contributed by atoms with Crippen LogP contribution in [-0.2, 0) is 0 Å². The molecule has 2 heterocycles. The third kappa shape index (κ3) is 2.08. The van der Waals surface area contributed by atoms with Gasteiger partial charge in [0.25, 0.3) is 5.91 Å². The molecule has 1 aromatic heterocycles. The molecule has 0 N–H and O–H groups in total. The first-order valence-corrected chi connectivity index (χ1v) is 5.03. The Bertz CT molecular complexity index is 465. The van der Waals surface area contributed by atoms with Crippen molar-refractivity contribution in [2.24, 2.45) is 5.11 Å². The van der Waals surface area contributed by atoms with Gasteiger partial charge in [-0.1, -0.05) is 16.7 Å². The van der Waals surface area contributed by atoms with Crippen LogP contribution in [0.15, 0.2) is 23.4 Å². The van der Waals surface area contributed by atoms with Gasteiger partial charge in [0.05, 0.1) is 6.04 Å². The smallest absolute Gasteiger partial charge is 0.254 e. The van der Waals surface area contributed by atoms with Crippen molar-refractivity contribution < 1.29 is 4.79 Å². The average molecular weight is 238 g/mol. The van der Waals surface area contributed by atoms with Crippen LogP contribution in [0.25, 0.3) is 10.4 Å². The van der Waals surface area contributed by atoms with Crippen molar-refractivity contribution in [2.75, 3.05) is 13.1 Å². The molecular weight excluding hydrogens is 230 g/mol. The molecule has 2 rings (SSSR count). The molecule has 1 aliphatic heterocycles. The van der Waals surface area contributed by atoms with Gasteiger partial charge in [-0.25, -0.2) is 4.98 Å². The number of carbonyl (C=O) groups is 1. The monoisotopic (exact) mass is 237 g/mol. The van der Waals surface area contributed by atoms with Crippen LogP contribution in [0, 0.1) is 0 Å². The van der Waals surface area contributed by atoms with Crippen molar-refractivity contribution in [3.05, 3.63) is 39.5 Å². The molecule has 0 aromatic carbocycles. The SMILES string of the molecule is [N-]=[N+]=NC1CN(C(=O)c2ccnc(Cl)c2)C1. The number of likely N-dealkylation sites (tertiary alicyclic amines) is 1. The Kier molecular flexibility index (Phi) is 2.94. The molecule has 0 bridgehead atoms. The third-order valence-electron chi connectivity index (χ3n) is 2.34. The molecule has 0 saturated carbocycles. The number of hydrogen-bond donors (Lipinski definition) is 0. The van der Waals surface area contributed by atoms with Gasteiger partial charge < -0.3 is 4.90 Å². The summed E-state index contributed by atoms with van der Waals surface area (Å²) in [5, 5.41) is 3.81. The molecular formula is C9H8ClN5O. The van der Waals surface area contributed by atoms with Crippen molar-refractivity contribution in [3.8, 4) is 0 Å². The van der Waals surface area contributed by atoms with E-state index in [0.717, 1.165) is 0 Å². The van der Waals surface area contributed by atoms with Crippen LogP contribution in [0.5, 0.6) is 0 Å². The van der Waals surface area contributed by atoms with Gasteiger partial charge in [0.2, 0.25) is 0 Å². The van der Waals surface area contributed by atoms with E-state index >= 15 is 0 Å². The van der Waals surface area contributed by atoms with Crippen LogP contribution in [0.2, 0.25) is 5.15 Å². The molecule has 1 amide bonds. The fraction of sp³-hybridized carbons (Fsp3) is 0.333. The maximum Gasteiger partial charge on any atom is 0.254 e. The molecule has 82 valence electrons. The minimum absolute atomic E-state index is 0.105. The van der Waals surface area contributed by atoms with Crippen LogP contribution in [-0.4, -0.2) is 34.9 Å². The van der Waals surface area contributed by atoms with E-state index in [1.54, 1.807) is 11.0 Å². The lowest BCUT2D eigenvalue weighted by molar-refractivity contribution is 0.0608. The lowest BCUT2D eigenvalue weighted by Crippen LogP contribution is -2.52. The lowest BCUT2D eigenvalue weighted by atomic mass is 10.1. The Labute approximate surface area is 96.5 Å². The predicted molar refractivity (Wildman–Crippen MR) is 58.1 cm³/mol. The number of aromatic nitrogens is 1. The highest BCUT2D eigenvalue weighted by atomic mass is 35.5. The molecule has 1 saturated heterocycles. The normalized spacial score (nSPS) is 15.2. The summed E-state index contributed by atoms with van der Waals surface area (Å²) in [6, 6.07) is 3.02. The number of pyridine rings is 1. The number of halogens is 1. The number of azide groups is 1. The molecule has 16 heavy (non-hydrogen) atoms. The molecule has 0 aliphatic carbocycles. The van der Waals surface area contributed by atoms with Crippen LogP contribution in [0.4, 0.5) is 0 Å². The lowest BCUT2D eigenvalue weighted by Gasteiger charge is -2.36. The molecule has 0 atom stereocenters. The van der Waals surface area contributed by atoms with Crippen molar-refractivity contribution in [1.29, 1.82) is 0 Å². The number of amides is 1. The number of carbonyl (C=O) groups excluding carboxylic acids is 1. The Balaban J connectivity index is 2.02. The predicted octanol–water partition coefficient (Wildman–Crippen LogP) is 1.87. The second-order valence-electron chi connectivity index (χ2n) is 3.44. The van der Waals surface area contributed by atoms with Gasteiger partial charge in [0.15, 0.2) is 0 Å². The Hall–Kier alpha value is -1.78. The van der Waals surface area contributed by atoms with E-state index in [1.165, 1.54) is 12.3 Å². The summed E-state index contributed by atoms with van der Waals surface area (Å²) in [5.41, 5.74) is 8.71. The molecule has 1 aliphatic rings. The maximum atomic E-state index is 11.8. The van der Waals surface area contributed by atoms with Gasteiger partial charge in [-0.2, -0.15) is 0 Å². The fourth-order valence-electron chi connectivity index (χ4n) is 1.49. The fourth-order valence-corrected chi connectivity index (χ4v) is 1.66. The third-order valence-corrected chi connectivity index (χ3v) is 2.54. The molecule has 0 radical (unpaired) electrons. The maximum absolute atomic E-state index is 11.8. The zero-order chi connectivity index (χ0) is 11.5. The standard InChI is InChI=1S/C9H8ClN5O/c10-8-3-6(1-2-12-8)9(16)15-4-7(5-15)13-14-11/h1-3,7H,4-5H2. The Morgan fingerprint density at radius 3 is 3.06 bits per heavy atom. The summed E-state index contributed by atoms with van der Waals surface area (Å²) < 4.78 is 0. The van der Waals surface area contributed by atoms with Gasteiger partial charge in [-0.15, -0.1) is 0 Å². The first-order valence-electron chi connectivity index (χ1n) is 4.66. The molecule has 1 fully saturated rings. The average Bonchev–Trinajstić information content (AvgIpc) is 2.22. The minimum Gasteiger partial charge on any atom is -0.338 e. The second-order valence-corrected chi connectivity index (χ2v) is 3.82. The summed E-state index contributed by atoms with van der Waals surface area (Å²) in [6.07, 6.45) is 1.49. The van der Waals surface area contributed by atoms with Crippen LogP contribution in [0.3, 0.4) is 0 Å². The second kappa shape index (κ2) is 4.38. The Morgan fingerprint density at radius 2 is 2.44 bits per heavy atom. The minimum atomic E-state index is -0.117. The highest BCUT2D eigenvalue weighted by Gasteiger charge is 2.30. The number of rotatable bonds is 2. The van der Waals surface area contributed by atoms with E-state index in [1.807, 2.05) is 0 Å². The van der Waals surface area contributed by atoms with Crippen molar-refractivity contribution in [2.45, 2.75) is 6.04 Å². The molecule has 7 heteroatoms. The van der Waals surface area contributed by atoms with E-state index in [4.69, 9.17) is 17.1 Å². The summed E-state index contributed by atoms with van der Waals surface area (Å²) >= 11 is 5.68. The van der Waals surface area contributed by atoms with Gasteiger partial charge in [-0.3, -0.25) is 4.79 Å². The quantitative estimate of drug-likeness (QED) is 0.340. The molecule has 1 aromatic rings. The highest BCUT2D eigenvalue weighted by Crippen LogP contribution is 2.17. The number of nitrogens with zero attached hydrogens (tertiary/aromatic N) is 5. The van der Waals surface area contributed by atoms with Crippen LogP contribution >= 0.6 is 11.6 Å². The van der Waals surface area contributed by atoms with Crippen molar-refractivity contribution in [3.63, 3.8) is 0 Å². The summed E-state index contributed by atoms with van der Waals surface area (Å²) in [4.78, 5) is 19.9. The zero-order valence-corrected chi connectivity index (χ0v) is 9.00. The number of hydrogen-bond acceptors (Lipinski definition) is 3. The first-order chi connectivity index (χ1) is 7.70. The van der Waals surface area contributed by atoms with E-state index < -0.39 is 0 Å². The largest absolute Gasteiger partial charge is 0.338 e. The topological polar surface area (TPSA) is 82.0 Å². The van der Waals surface area contributed by atoms with Crippen molar-refractivity contribution in [1.82, 2.24) is 9.88 Å². The summed E-state index contributed by atoms with van der Waals surface area (Å²) in [5.74, 6) is -0.117. The van der Waals surface area contributed by atoms with Crippen molar-refractivity contribution >= 4 is 17.5 Å². The van der Waals surface area contributed by atoms with Crippen LogP contribution < -0.4 is 0 Å². The van der Waals surface area contributed by atoms with E-state index in [9.17, 15) is 4.79 Å². The van der Waals surface area contributed by atoms with Gasteiger partial charge in [0, 0.05) is 29.8 Å². The van der Waals surface area contributed by atoms with E-state index in [2.05, 4.69) is 15.0 Å². The summed E-state index contributed by atoms with van der Waals surface area (Å²) in [6.45, 7) is 0.922. The molecule has 0 unspecified atom stereocenters. The Morgan fingerprint density at radius 1 is 1.69 bits per heavy atom.